The van der Waals surface area contributed by atoms with Crippen LogP contribution < -0.4 is 4.74 Å². The van der Waals surface area contributed by atoms with E-state index < -0.39 is 0 Å². The fourth-order valence-electron chi connectivity index (χ4n) is 3.28. The molecule has 2 aromatic carbocycles. The summed E-state index contributed by atoms with van der Waals surface area (Å²) in [7, 11) is 0. The third kappa shape index (κ3) is 3.76. The van der Waals surface area contributed by atoms with Crippen LogP contribution in [0.4, 0.5) is 0 Å². The summed E-state index contributed by atoms with van der Waals surface area (Å²) in [6.45, 7) is 6.85. The predicted molar refractivity (Wildman–Crippen MR) is 88.9 cm³/mol. The van der Waals surface area contributed by atoms with Crippen molar-refractivity contribution in [2.24, 2.45) is 5.92 Å². The van der Waals surface area contributed by atoms with Gasteiger partial charge in [0.25, 0.3) is 0 Å². The molecule has 1 aliphatic rings. The summed E-state index contributed by atoms with van der Waals surface area (Å²) in [6, 6.07) is 14.7. The van der Waals surface area contributed by atoms with Crippen LogP contribution in [-0.2, 0) is 0 Å². The van der Waals surface area contributed by atoms with E-state index in [1.165, 1.54) is 36.7 Å². The lowest BCUT2D eigenvalue weighted by Crippen LogP contribution is -2.35. The summed E-state index contributed by atoms with van der Waals surface area (Å²) < 4.78 is 6.01. The molecule has 1 unspecified atom stereocenters. The van der Waals surface area contributed by atoms with Gasteiger partial charge in [-0.25, -0.2) is 0 Å². The van der Waals surface area contributed by atoms with Gasteiger partial charge >= 0.3 is 0 Å². The lowest BCUT2D eigenvalue weighted by atomic mass is 10.0. The molecule has 1 saturated heterocycles. The topological polar surface area (TPSA) is 12.5 Å². The number of hydrogen-bond donors (Lipinski definition) is 0. The highest BCUT2D eigenvalue weighted by atomic mass is 16.5. The predicted octanol–water partition coefficient (Wildman–Crippen LogP) is 4.34. The maximum Gasteiger partial charge on any atom is 0.127 e. The SMILES string of the molecule is CC1CCCN(CCCOc2cccc3ccccc23)C1. The Morgan fingerprint density at radius 1 is 1.14 bits per heavy atom. The van der Waals surface area contributed by atoms with Gasteiger partial charge in [-0.15, -0.1) is 0 Å². The lowest BCUT2D eigenvalue weighted by Gasteiger charge is -2.30. The summed E-state index contributed by atoms with van der Waals surface area (Å²) in [5.74, 6) is 1.87. The van der Waals surface area contributed by atoms with Gasteiger partial charge in [0.15, 0.2) is 0 Å². The Balaban J connectivity index is 1.50. The van der Waals surface area contributed by atoms with Crippen LogP contribution in [-0.4, -0.2) is 31.1 Å². The van der Waals surface area contributed by atoms with Crippen LogP contribution in [0.1, 0.15) is 26.2 Å². The van der Waals surface area contributed by atoms with E-state index >= 15 is 0 Å². The summed E-state index contributed by atoms with van der Waals surface area (Å²) in [4.78, 5) is 2.58. The zero-order valence-electron chi connectivity index (χ0n) is 12.9. The Morgan fingerprint density at radius 3 is 2.90 bits per heavy atom. The minimum atomic E-state index is 0.804. The molecule has 0 N–H and O–H groups in total. The first-order valence-corrected chi connectivity index (χ1v) is 8.16. The van der Waals surface area contributed by atoms with Gasteiger partial charge in [0.1, 0.15) is 5.75 Å². The van der Waals surface area contributed by atoms with E-state index in [0.717, 1.165) is 31.2 Å². The number of likely N-dealkylation sites (tertiary alicyclic amines) is 1. The van der Waals surface area contributed by atoms with E-state index in [-0.39, 0.29) is 0 Å². The summed E-state index contributed by atoms with van der Waals surface area (Å²) in [5, 5.41) is 2.46. The van der Waals surface area contributed by atoms with E-state index in [9.17, 15) is 0 Å². The summed E-state index contributed by atoms with van der Waals surface area (Å²) in [6.07, 6.45) is 3.85. The van der Waals surface area contributed by atoms with Crippen molar-refractivity contribution in [3.63, 3.8) is 0 Å². The number of piperidine rings is 1. The van der Waals surface area contributed by atoms with Gasteiger partial charge < -0.3 is 9.64 Å². The van der Waals surface area contributed by atoms with Gasteiger partial charge in [-0.2, -0.15) is 0 Å². The molecule has 0 aromatic heterocycles. The van der Waals surface area contributed by atoms with E-state index in [1.54, 1.807) is 0 Å². The van der Waals surface area contributed by atoms with Crippen LogP contribution in [0.2, 0.25) is 0 Å². The fraction of sp³-hybridized carbons (Fsp3) is 0.474. The van der Waals surface area contributed by atoms with Crippen LogP contribution in [0.5, 0.6) is 5.75 Å². The highest BCUT2D eigenvalue weighted by Gasteiger charge is 2.15. The Kier molecular flexibility index (Phi) is 4.76. The number of hydrogen-bond acceptors (Lipinski definition) is 2. The first kappa shape index (κ1) is 14.4. The third-order valence-electron chi connectivity index (χ3n) is 4.37. The first-order valence-electron chi connectivity index (χ1n) is 8.16. The Hall–Kier alpha value is -1.54. The number of fused-ring (bicyclic) bond motifs is 1. The van der Waals surface area contributed by atoms with Gasteiger partial charge in [-0.3, -0.25) is 0 Å². The smallest absolute Gasteiger partial charge is 0.127 e. The van der Waals surface area contributed by atoms with E-state index in [0.29, 0.717) is 0 Å². The van der Waals surface area contributed by atoms with Crippen LogP contribution in [0.3, 0.4) is 0 Å². The number of ether oxygens (including phenoxy) is 1. The Bertz CT molecular complexity index is 575. The van der Waals surface area contributed by atoms with E-state index in [4.69, 9.17) is 4.74 Å². The highest BCUT2D eigenvalue weighted by molar-refractivity contribution is 5.88. The van der Waals surface area contributed by atoms with Crippen molar-refractivity contribution < 1.29 is 4.74 Å². The van der Waals surface area contributed by atoms with E-state index in [2.05, 4.69) is 54.3 Å². The highest BCUT2D eigenvalue weighted by Crippen LogP contribution is 2.25. The molecule has 2 nitrogen and oxygen atoms in total. The molecule has 2 aromatic rings. The van der Waals surface area contributed by atoms with Crippen molar-refractivity contribution >= 4 is 10.8 Å². The zero-order valence-corrected chi connectivity index (χ0v) is 12.9. The van der Waals surface area contributed by atoms with Crippen LogP contribution >= 0.6 is 0 Å². The summed E-state index contributed by atoms with van der Waals surface area (Å²) >= 11 is 0. The first-order chi connectivity index (χ1) is 10.3. The van der Waals surface area contributed by atoms with Gasteiger partial charge in [0.05, 0.1) is 6.61 Å². The molecule has 2 heteroatoms. The quantitative estimate of drug-likeness (QED) is 0.757. The second-order valence-corrected chi connectivity index (χ2v) is 6.23. The standard InChI is InChI=1S/C19H25NO/c1-16-7-5-12-20(15-16)13-6-14-21-19-11-4-9-17-8-2-3-10-18(17)19/h2-4,8-11,16H,5-7,12-15H2,1H3. The van der Waals surface area contributed by atoms with E-state index in [1.807, 2.05) is 0 Å². The van der Waals surface area contributed by atoms with Gasteiger partial charge in [-0.1, -0.05) is 43.3 Å². The molecule has 1 fully saturated rings. The van der Waals surface area contributed by atoms with Crippen molar-refractivity contribution in [3.05, 3.63) is 42.5 Å². The van der Waals surface area contributed by atoms with Crippen molar-refractivity contribution in [1.29, 1.82) is 0 Å². The molecule has 0 bridgehead atoms. The fourth-order valence-corrected chi connectivity index (χ4v) is 3.28. The Morgan fingerprint density at radius 2 is 2.00 bits per heavy atom. The molecule has 1 atom stereocenters. The van der Waals surface area contributed by atoms with Crippen LogP contribution in [0, 0.1) is 5.92 Å². The largest absolute Gasteiger partial charge is 0.493 e. The summed E-state index contributed by atoms with van der Waals surface area (Å²) in [5.41, 5.74) is 0. The van der Waals surface area contributed by atoms with Crippen molar-refractivity contribution in [2.45, 2.75) is 26.2 Å². The Labute approximate surface area is 127 Å². The molecular weight excluding hydrogens is 258 g/mol. The molecule has 0 radical (unpaired) electrons. The normalized spacial score (nSPS) is 19.8. The van der Waals surface area contributed by atoms with Crippen molar-refractivity contribution in [3.8, 4) is 5.75 Å². The molecule has 3 rings (SSSR count). The molecular formula is C19H25NO. The number of benzene rings is 2. The lowest BCUT2D eigenvalue weighted by molar-refractivity contribution is 0.170. The molecule has 0 amide bonds. The molecule has 1 heterocycles. The molecule has 21 heavy (non-hydrogen) atoms. The molecule has 112 valence electrons. The minimum absolute atomic E-state index is 0.804. The maximum absolute atomic E-state index is 6.01. The molecule has 1 aliphatic heterocycles. The molecule has 0 saturated carbocycles. The number of nitrogens with zero attached hydrogens (tertiary/aromatic N) is 1. The average Bonchev–Trinajstić information content (AvgIpc) is 2.52. The second-order valence-electron chi connectivity index (χ2n) is 6.23. The number of rotatable bonds is 5. The third-order valence-corrected chi connectivity index (χ3v) is 4.37. The second kappa shape index (κ2) is 6.95. The monoisotopic (exact) mass is 283 g/mol. The van der Waals surface area contributed by atoms with Gasteiger partial charge in [0.2, 0.25) is 0 Å². The molecule has 0 spiro atoms. The average molecular weight is 283 g/mol. The van der Waals surface area contributed by atoms with Crippen molar-refractivity contribution in [1.82, 2.24) is 4.90 Å². The molecule has 0 aliphatic carbocycles. The maximum atomic E-state index is 6.01. The zero-order chi connectivity index (χ0) is 14.5. The van der Waals surface area contributed by atoms with Gasteiger partial charge in [0, 0.05) is 18.5 Å². The van der Waals surface area contributed by atoms with Crippen molar-refractivity contribution in [2.75, 3.05) is 26.2 Å². The van der Waals surface area contributed by atoms with Crippen LogP contribution in [0.15, 0.2) is 42.5 Å². The van der Waals surface area contributed by atoms with Gasteiger partial charge in [-0.05, 0) is 43.2 Å². The van der Waals surface area contributed by atoms with Crippen LogP contribution in [0.25, 0.3) is 10.8 Å². The minimum Gasteiger partial charge on any atom is -0.493 e.